The van der Waals surface area contributed by atoms with Crippen molar-refractivity contribution in [3.05, 3.63) is 334 Å². The van der Waals surface area contributed by atoms with Crippen molar-refractivity contribution in [2.24, 2.45) is 0 Å². The van der Waals surface area contributed by atoms with Crippen molar-refractivity contribution in [2.45, 2.75) is 0 Å². The molecule has 17 rings (SSSR count). The number of nitrogens with zero attached hydrogens (tertiary/aromatic N) is 3. The van der Waals surface area contributed by atoms with Gasteiger partial charge in [0.05, 0.1) is 0 Å². The minimum absolute atomic E-state index is 0.597. The van der Waals surface area contributed by atoms with Crippen LogP contribution in [0.25, 0.3) is 177 Å². The lowest BCUT2D eigenvalue weighted by Crippen LogP contribution is -2.02. The molecule has 16 aromatic carbocycles. The molecule has 0 saturated heterocycles. The second kappa shape index (κ2) is 22.1. The van der Waals surface area contributed by atoms with Crippen LogP contribution in [0.5, 0.6) is 0 Å². The molecule has 0 amide bonds. The summed E-state index contributed by atoms with van der Waals surface area (Å²) in [6.07, 6.45) is 0. The van der Waals surface area contributed by atoms with Crippen molar-refractivity contribution in [1.82, 2.24) is 15.0 Å². The fourth-order valence-corrected chi connectivity index (χ4v) is 14.3. The Bertz CT molecular complexity index is 5450. The zero-order valence-electron chi connectivity index (χ0n) is 49.1. The van der Waals surface area contributed by atoms with E-state index in [2.05, 4.69) is 297 Å². The number of hydrogen-bond donors (Lipinski definition) is 0. The first-order valence-corrected chi connectivity index (χ1v) is 30.8. The topological polar surface area (TPSA) is 38.7 Å². The van der Waals surface area contributed by atoms with Gasteiger partial charge in [0.25, 0.3) is 0 Å². The molecule has 0 aliphatic carbocycles. The van der Waals surface area contributed by atoms with E-state index in [1.165, 1.54) is 81.7 Å². The summed E-state index contributed by atoms with van der Waals surface area (Å²) in [5, 5.41) is 12.0. The molecule has 0 fully saturated rings. The quantitative estimate of drug-likeness (QED) is 0.0957. The van der Waals surface area contributed by atoms with E-state index in [0.29, 0.717) is 17.5 Å². The predicted molar refractivity (Wildman–Crippen MR) is 378 cm³/mol. The molecule has 3 heteroatoms. The fourth-order valence-electron chi connectivity index (χ4n) is 14.3. The summed E-state index contributed by atoms with van der Waals surface area (Å²) in [6, 6.07) is 121. The number of benzene rings is 16. The third kappa shape index (κ3) is 8.70. The molecule has 0 aliphatic heterocycles. The zero-order valence-corrected chi connectivity index (χ0v) is 49.1. The average Bonchev–Trinajstić information content (AvgIpc) is 0.678. The van der Waals surface area contributed by atoms with Crippen molar-refractivity contribution >= 4 is 53.9 Å². The van der Waals surface area contributed by atoms with Gasteiger partial charge in [-0.3, -0.25) is 0 Å². The summed E-state index contributed by atoms with van der Waals surface area (Å²) < 4.78 is 0. The van der Waals surface area contributed by atoms with Crippen LogP contribution in [0.3, 0.4) is 0 Å². The van der Waals surface area contributed by atoms with Crippen molar-refractivity contribution in [2.75, 3.05) is 0 Å². The Balaban J connectivity index is 1.12. The molecule has 0 N–H and O–H groups in total. The molecular formula is C87H55N3. The Hall–Kier alpha value is -11.9. The van der Waals surface area contributed by atoms with Gasteiger partial charge >= 0.3 is 0 Å². The lowest BCUT2D eigenvalue weighted by molar-refractivity contribution is 1.07. The summed E-state index contributed by atoms with van der Waals surface area (Å²) in [6.45, 7) is 0. The highest BCUT2D eigenvalue weighted by Gasteiger charge is 2.32. The number of hydrogen-bond acceptors (Lipinski definition) is 3. The SMILES string of the molecule is c1ccc(-c2nc(-c3ccccc3)nc(-c3cccc(-c4c(-c5ccccc5)c(-c5ccccc5)c(-c5ccccc5)c5c6cccc7c8c(-c9ccccc9)c(-c9ccccc9)c(-c9ccccc9)c(-c9ccccc9)c8c8cccc(c45)c8c76)c3)n2)cc1. The van der Waals surface area contributed by atoms with Gasteiger partial charge < -0.3 is 0 Å². The molecule has 90 heavy (non-hydrogen) atoms. The summed E-state index contributed by atoms with van der Waals surface area (Å²) >= 11 is 0. The largest absolute Gasteiger partial charge is 0.208 e. The fraction of sp³-hybridized carbons (Fsp3) is 0. The highest BCUT2D eigenvalue weighted by molar-refractivity contribution is 6.46. The van der Waals surface area contributed by atoms with E-state index in [1.54, 1.807) is 0 Å². The third-order valence-corrected chi connectivity index (χ3v) is 18.0. The van der Waals surface area contributed by atoms with Crippen molar-refractivity contribution in [1.29, 1.82) is 0 Å². The van der Waals surface area contributed by atoms with E-state index in [4.69, 9.17) is 15.0 Å². The Morgan fingerprint density at radius 2 is 0.322 bits per heavy atom. The second-order valence-electron chi connectivity index (χ2n) is 23.1. The Morgan fingerprint density at radius 3 is 0.589 bits per heavy atom. The molecule has 0 unspecified atom stereocenters. The van der Waals surface area contributed by atoms with Gasteiger partial charge in [-0.25, -0.2) is 15.0 Å². The highest BCUT2D eigenvalue weighted by atomic mass is 15.0. The van der Waals surface area contributed by atoms with Crippen LogP contribution in [0, 0.1) is 0 Å². The van der Waals surface area contributed by atoms with E-state index in [9.17, 15) is 0 Å². The van der Waals surface area contributed by atoms with Crippen LogP contribution in [0.4, 0.5) is 0 Å². The van der Waals surface area contributed by atoms with Gasteiger partial charge in [0.15, 0.2) is 17.5 Å². The predicted octanol–water partition coefficient (Wildman–Crippen LogP) is 23.4. The highest BCUT2D eigenvalue weighted by Crippen LogP contribution is 2.60. The van der Waals surface area contributed by atoms with Crippen LogP contribution in [0.15, 0.2) is 334 Å². The van der Waals surface area contributed by atoms with E-state index < -0.39 is 0 Å². The molecule has 0 bridgehead atoms. The van der Waals surface area contributed by atoms with E-state index in [1.807, 2.05) is 36.4 Å². The second-order valence-corrected chi connectivity index (χ2v) is 23.1. The van der Waals surface area contributed by atoms with Gasteiger partial charge in [-0.15, -0.1) is 0 Å². The van der Waals surface area contributed by atoms with Crippen LogP contribution in [-0.4, -0.2) is 15.0 Å². The van der Waals surface area contributed by atoms with Crippen LogP contribution < -0.4 is 0 Å². The van der Waals surface area contributed by atoms with Crippen LogP contribution in [-0.2, 0) is 0 Å². The maximum Gasteiger partial charge on any atom is 0.164 e. The van der Waals surface area contributed by atoms with Gasteiger partial charge in [0.2, 0.25) is 0 Å². The van der Waals surface area contributed by atoms with Gasteiger partial charge in [-0.2, -0.15) is 0 Å². The standard InChI is InChI=1S/C87H55N3/c1-10-31-56(32-11-1)71-72(57-33-12-2-13-34-57)76(61-41-20-6-21-42-61)82-68-52-30-54-70-80(68)79-67(81(82)75(71)60-39-18-5-19-40-60)51-29-53-69(79)83-77(62-43-22-7-23-44-62)73(58-35-14-3-15-36-58)74(59-37-16-4-17-38-59)78(84(70)83)65-49-28-50-66(55-65)87-89-85(63-45-24-8-25-46-63)88-86(90-87)64-47-26-9-27-48-64/h1-55H. The maximum absolute atomic E-state index is 5.33. The minimum atomic E-state index is 0.597. The third-order valence-electron chi connectivity index (χ3n) is 18.0. The van der Waals surface area contributed by atoms with Crippen molar-refractivity contribution in [3.8, 4) is 123 Å². The summed E-state index contributed by atoms with van der Waals surface area (Å²) in [7, 11) is 0. The molecule has 17 aromatic rings. The molecule has 0 radical (unpaired) electrons. The molecule has 418 valence electrons. The van der Waals surface area contributed by atoms with Crippen LogP contribution in [0.2, 0.25) is 0 Å². The summed E-state index contributed by atoms with van der Waals surface area (Å²) in [5.41, 5.74) is 21.2. The van der Waals surface area contributed by atoms with Gasteiger partial charge in [-0.05, 0) is 149 Å². The smallest absolute Gasteiger partial charge is 0.164 e. The van der Waals surface area contributed by atoms with Gasteiger partial charge in [0, 0.05) is 16.7 Å². The van der Waals surface area contributed by atoms with E-state index in [0.717, 1.165) is 77.9 Å². The number of aromatic nitrogens is 3. The summed E-state index contributed by atoms with van der Waals surface area (Å²) in [5.74, 6) is 1.83. The molecule has 3 nitrogen and oxygen atoms in total. The lowest BCUT2D eigenvalue weighted by atomic mass is 9.73. The number of fused-ring (bicyclic) bond motifs is 6. The van der Waals surface area contributed by atoms with E-state index in [-0.39, 0.29) is 0 Å². The Morgan fingerprint density at radius 1 is 0.133 bits per heavy atom. The van der Waals surface area contributed by atoms with Gasteiger partial charge in [0.1, 0.15) is 0 Å². The Kier molecular flexibility index (Phi) is 12.9. The monoisotopic (exact) mass is 1140 g/mol. The van der Waals surface area contributed by atoms with Crippen LogP contribution in [0.1, 0.15) is 0 Å². The first-order valence-electron chi connectivity index (χ1n) is 30.8. The Labute approximate surface area is 522 Å². The van der Waals surface area contributed by atoms with Crippen LogP contribution >= 0.6 is 0 Å². The normalized spacial score (nSPS) is 11.6. The summed E-state index contributed by atoms with van der Waals surface area (Å²) in [4.78, 5) is 15.8. The average molecular weight is 1140 g/mol. The molecule has 0 spiro atoms. The number of rotatable bonds is 11. The van der Waals surface area contributed by atoms with Gasteiger partial charge in [-0.1, -0.05) is 328 Å². The molecule has 0 aliphatic rings. The molecule has 0 atom stereocenters. The first kappa shape index (κ1) is 52.4. The first-order chi connectivity index (χ1) is 44.7. The maximum atomic E-state index is 5.33. The van der Waals surface area contributed by atoms with Crippen molar-refractivity contribution in [3.63, 3.8) is 0 Å². The van der Waals surface area contributed by atoms with E-state index >= 15 is 0 Å². The molecular weight excluding hydrogens is 1090 g/mol. The molecule has 1 aromatic heterocycles. The van der Waals surface area contributed by atoms with Crippen molar-refractivity contribution < 1.29 is 0 Å². The zero-order chi connectivity index (χ0) is 59.5. The lowest BCUT2D eigenvalue weighted by Gasteiger charge is -2.29. The molecule has 0 saturated carbocycles. The molecule has 1 heterocycles. The minimum Gasteiger partial charge on any atom is -0.208 e.